The fourth-order valence-electron chi connectivity index (χ4n) is 4.57. The summed E-state index contributed by atoms with van der Waals surface area (Å²) in [4.78, 5) is 15.7. The van der Waals surface area contributed by atoms with Crippen LogP contribution in [0, 0.1) is 17.8 Å². The van der Waals surface area contributed by atoms with Gasteiger partial charge in [-0.05, 0) is 57.0 Å². The Morgan fingerprint density at radius 3 is 1.75 bits per heavy atom. The molecular formula is C18H35NO. The summed E-state index contributed by atoms with van der Waals surface area (Å²) in [5.41, 5.74) is -0.217. The molecule has 20 heavy (non-hydrogen) atoms. The fourth-order valence-corrected chi connectivity index (χ4v) is 4.57. The van der Waals surface area contributed by atoms with E-state index in [4.69, 9.17) is 0 Å². The summed E-state index contributed by atoms with van der Waals surface area (Å²) in [7, 11) is 0. The van der Waals surface area contributed by atoms with Crippen LogP contribution in [0.2, 0.25) is 0 Å². The molecule has 1 aliphatic rings. The largest absolute Gasteiger partial charge is 0.297 e. The monoisotopic (exact) mass is 281 g/mol. The first-order valence-electron chi connectivity index (χ1n) is 8.74. The number of hydrogen-bond acceptors (Lipinski definition) is 2. The highest BCUT2D eigenvalue weighted by molar-refractivity contribution is 5.90. The van der Waals surface area contributed by atoms with Gasteiger partial charge in [-0.2, -0.15) is 0 Å². The van der Waals surface area contributed by atoms with Crippen molar-refractivity contribution in [3.63, 3.8) is 0 Å². The van der Waals surface area contributed by atoms with Crippen LogP contribution in [0.15, 0.2) is 0 Å². The van der Waals surface area contributed by atoms with Crippen LogP contribution in [-0.4, -0.2) is 29.3 Å². The highest BCUT2D eigenvalue weighted by Crippen LogP contribution is 2.38. The molecule has 118 valence electrons. The Labute approximate surface area is 126 Å². The smallest absolute Gasteiger partial charge is 0.156 e. The van der Waals surface area contributed by atoms with Crippen molar-refractivity contribution in [1.82, 2.24) is 4.90 Å². The SMILES string of the molecule is CCN(CC)C(CC)(CC)C(=O)C1CC(C)CC(C)C1. The molecule has 0 aromatic carbocycles. The summed E-state index contributed by atoms with van der Waals surface area (Å²) in [5.74, 6) is 2.23. The minimum Gasteiger partial charge on any atom is -0.297 e. The lowest BCUT2D eigenvalue weighted by atomic mass is 9.69. The minimum atomic E-state index is -0.217. The third-order valence-electron chi connectivity index (χ3n) is 5.55. The zero-order chi connectivity index (χ0) is 15.3. The van der Waals surface area contributed by atoms with Crippen LogP contribution in [0.5, 0.6) is 0 Å². The second-order valence-electron chi connectivity index (χ2n) is 6.89. The zero-order valence-corrected chi connectivity index (χ0v) is 14.5. The number of hydrogen-bond donors (Lipinski definition) is 0. The summed E-state index contributed by atoms with van der Waals surface area (Å²) in [6.45, 7) is 15.3. The summed E-state index contributed by atoms with van der Waals surface area (Å²) < 4.78 is 0. The van der Waals surface area contributed by atoms with Crippen molar-refractivity contribution in [3.05, 3.63) is 0 Å². The summed E-state index contributed by atoms with van der Waals surface area (Å²) in [6.07, 6.45) is 5.39. The number of rotatable bonds is 7. The standard InChI is InChI=1S/C18H35NO/c1-7-18(8-2,19(9-3)10-4)17(20)16-12-14(5)11-15(6)13-16/h14-16H,7-13H2,1-6H3. The molecule has 2 heteroatoms. The van der Waals surface area contributed by atoms with Gasteiger partial charge in [0.15, 0.2) is 5.78 Å². The number of ketones is 1. The maximum Gasteiger partial charge on any atom is 0.156 e. The topological polar surface area (TPSA) is 20.3 Å². The van der Waals surface area contributed by atoms with Gasteiger partial charge in [0.25, 0.3) is 0 Å². The van der Waals surface area contributed by atoms with Gasteiger partial charge in [0.05, 0.1) is 5.54 Å². The zero-order valence-electron chi connectivity index (χ0n) is 14.5. The van der Waals surface area contributed by atoms with Gasteiger partial charge >= 0.3 is 0 Å². The fraction of sp³-hybridized carbons (Fsp3) is 0.944. The highest BCUT2D eigenvalue weighted by atomic mass is 16.1. The van der Waals surface area contributed by atoms with E-state index in [-0.39, 0.29) is 11.5 Å². The first-order valence-corrected chi connectivity index (χ1v) is 8.74. The first kappa shape index (κ1) is 17.7. The third-order valence-corrected chi connectivity index (χ3v) is 5.55. The van der Waals surface area contributed by atoms with Crippen molar-refractivity contribution in [1.29, 1.82) is 0 Å². The van der Waals surface area contributed by atoms with Crippen molar-refractivity contribution in [3.8, 4) is 0 Å². The maximum absolute atomic E-state index is 13.3. The number of carbonyl (C=O) groups is 1. The molecule has 2 nitrogen and oxygen atoms in total. The number of carbonyl (C=O) groups excluding carboxylic acids is 1. The molecule has 0 spiro atoms. The van der Waals surface area contributed by atoms with Crippen molar-refractivity contribution in [2.75, 3.05) is 13.1 Å². The van der Waals surface area contributed by atoms with Gasteiger partial charge in [-0.1, -0.05) is 41.5 Å². The number of nitrogens with zero attached hydrogens (tertiary/aromatic N) is 1. The Hall–Kier alpha value is -0.370. The Morgan fingerprint density at radius 1 is 0.950 bits per heavy atom. The molecule has 0 aromatic rings. The van der Waals surface area contributed by atoms with E-state index < -0.39 is 0 Å². The summed E-state index contributed by atoms with van der Waals surface area (Å²) >= 11 is 0. The van der Waals surface area contributed by atoms with Crippen LogP contribution in [0.25, 0.3) is 0 Å². The molecule has 1 aliphatic carbocycles. The molecular weight excluding hydrogens is 246 g/mol. The van der Waals surface area contributed by atoms with Crippen molar-refractivity contribution >= 4 is 5.78 Å². The first-order chi connectivity index (χ1) is 9.44. The normalized spacial score (nSPS) is 27.9. The molecule has 1 rings (SSSR count). The lowest BCUT2D eigenvalue weighted by Crippen LogP contribution is -2.56. The quantitative estimate of drug-likeness (QED) is 0.683. The second kappa shape index (κ2) is 7.59. The molecule has 0 saturated heterocycles. The van der Waals surface area contributed by atoms with Gasteiger partial charge in [-0.15, -0.1) is 0 Å². The van der Waals surface area contributed by atoms with Crippen molar-refractivity contribution in [2.24, 2.45) is 17.8 Å². The van der Waals surface area contributed by atoms with Gasteiger partial charge < -0.3 is 0 Å². The molecule has 0 aromatic heterocycles. The van der Waals surface area contributed by atoms with E-state index >= 15 is 0 Å². The van der Waals surface area contributed by atoms with Crippen LogP contribution in [0.3, 0.4) is 0 Å². The van der Waals surface area contributed by atoms with Crippen LogP contribution in [-0.2, 0) is 4.79 Å². The van der Waals surface area contributed by atoms with E-state index in [2.05, 4.69) is 46.4 Å². The maximum atomic E-state index is 13.3. The third kappa shape index (κ3) is 3.44. The van der Waals surface area contributed by atoms with Crippen molar-refractivity contribution < 1.29 is 4.79 Å². The van der Waals surface area contributed by atoms with Crippen molar-refractivity contribution in [2.45, 2.75) is 79.2 Å². The molecule has 0 aliphatic heterocycles. The van der Waals surface area contributed by atoms with Gasteiger partial charge in [0.1, 0.15) is 0 Å². The molecule has 2 atom stereocenters. The van der Waals surface area contributed by atoms with E-state index in [0.717, 1.165) is 38.8 Å². The molecule has 0 amide bonds. The van der Waals surface area contributed by atoms with Crippen LogP contribution in [0.1, 0.15) is 73.6 Å². The average Bonchev–Trinajstić information content (AvgIpc) is 2.43. The lowest BCUT2D eigenvalue weighted by Gasteiger charge is -2.44. The minimum absolute atomic E-state index is 0.217. The van der Waals surface area contributed by atoms with Gasteiger partial charge in [0.2, 0.25) is 0 Å². The molecule has 0 bridgehead atoms. The van der Waals surface area contributed by atoms with Gasteiger partial charge in [0, 0.05) is 5.92 Å². The van der Waals surface area contributed by atoms with E-state index in [1.165, 1.54) is 6.42 Å². The van der Waals surface area contributed by atoms with E-state index in [1.807, 2.05) is 0 Å². The summed E-state index contributed by atoms with van der Waals surface area (Å²) in [6, 6.07) is 0. The predicted molar refractivity (Wildman–Crippen MR) is 86.9 cm³/mol. The van der Waals surface area contributed by atoms with E-state index in [0.29, 0.717) is 17.6 Å². The second-order valence-corrected chi connectivity index (χ2v) is 6.89. The Morgan fingerprint density at radius 2 is 1.40 bits per heavy atom. The Kier molecular flexibility index (Phi) is 6.71. The molecule has 0 N–H and O–H groups in total. The predicted octanol–water partition coefficient (Wildman–Crippen LogP) is 4.53. The average molecular weight is 281 g/mol. The lowest BCUT2D eigenvalue weighted by molar-refractivity contribution is -0.138. The summed E-state index contributed by atoms with van der Waals surface area (Å²) in [5, 5.41) is 0. The number of Topliss-reactive ketones (excluding diaryl/α,β-unsaturated/α-hetero) is 1. The Bertz CT molecular complexity index is 295. The van der Waals surface area contributed by atoms with Crippen LogP contribution >= 0.6 is 0 Å². The molecule has 1 saturated carbocycles. The van der Waals surface area contributed by atoms with Gasteiger partial charge in [-0.25, -0.2) is 0 Å². The van der Waals surface area contributed by atoms with E-state index in [9.17, 15) is 4.79 Å². The molecule has 0 radical (unpaired) electrons. The molecule has 1 fully saturated rings. The van der Waals surface area contributed by atoms with Gasteiger partial charge in [-0.3, -0.25) is 9.69 Å². The van der Waals surface area contributed by atoms with E-state index in [1.54, 1.807) is 0 Å². The molecule has 2 unspecified atom stereocenters. The van der Waals surface area contributed by atoms with Crippen LogP contribution in [0.4, 0.5) is 0 Å². The Balaban J connectivity index is 2.98. The van der Waals surface area contributed by atoms with Crippen LogP contribution < -0.4 is 0 Å². The molecule has 0 heterocycles. The number of likely N-dealkylation sites (N-methyl/N-ethyl adjacent to an activating group) is 1. The highest BCUT2D eigenvalue weighted by Gasteiger charge is 2.44.